The molecule has 1 atom stereocenters. The third-order valence-electron chi connectivity index (χ3n) is 5.69. The Morgan fingerprint density at radius 2 is 1.95 bits per heavy atom. The first-order chi connectivity index (χ1) is 18.3. The van der Waals surface area contributed by atoms with Crippen molar-refractivity contribution in [1.82, 2.24) is 19.9 Å². The number of phenols is 1. The number of phenolic OH excluding ortho intramolecular Hbond substituents is 1. The van der Waals surface area contributed by atoms with Crippen LogP contribution >= 0.6 is 23.2 Å². The van der Waals surface area contributed by atoms with E-state index in [1.807, 2.05) is 11.0 Å². The van der Waals surface area contributed by atoms with Crippen molar-refractivity contribution in [2.75, 3.05) is 24.6 Å². The zero-order valence-electron chi connectivity index (χ0n) is 20.3. The molecule has 12 heteroatoms. The first kappa shape index (κ1) is 27.2. The summed E-state index contributed by atoms with van der Waals surface area (Å²) in [7, 11) is 0. The second-order valence-electron chi connectivity index (χ2n) is 8.31. The molecule has 0 radical (unpaired) electrons. The van der Waals surface area contributed by atoms with E-state index in [4.69, 9.17) is 27.9 Å². The molecule has 0 saturated carbocycles. The first-order valence-electron chi connectivity index (χ1n) is 11.7. The van der Waals surface area contributed by atoms with Gasteiger partial charge in [0.2, 0.25) is 0 Å². The second kappa shape index (κ2) is 12.1. The monoisotopic (exact) mass is 559 g/mol. The van der Waals surface area contributed by atoms with Gasteiger partial charge in [0.05, 0.1) is 23.4 Å². The Morgan fingerprint density at radius 1 is 1.18 bits per heavy atom. The first-order valence-corrected chi connectivity index (χ1v) is 12.5. The number of anilines is 1. The van der Waals surface area contributed by atoms with Crippen molar-refractivity contribution >= 4 is 46.5 Å². The number of aromatic nitrogens is 3. The summed E-state index contributed by atoms with van der Waals surface area (Å²) in [4.78, 5) is 30.9. The van der Waals surface area contributed by atoms with Gasteiger partial charge in [0.25, 0.3) is 5.91 Å². The maximum Gasteiger partial charge on any atom is 0.358 e. The maximum atomic E-state index is 12.6. The number of hydrogen-bond acceptors (Lipinski definition) is 7. The lowest BCUT2D eigenvalue weighted by Gasteiger charge is -2.18. The van der Waals surface area contributed by atoms with Crippen LogP contribution in [0.15, 0.2) is 60.8 Å². The van der Waals surface area contributed by atoms with E-state index in [0.29, 0.717) is 31.0 Å². The highest BCUT2D eigenvalue weighted by molar-refractivity contribution is 6.36. The number of amides is 1. The largest absolute Gasteiger partial charge is 0.506 e. The molecule has 0 aliphatic carbocycles. The van der Waals surface area contributed by atoms with Gasteiger partial charge in [-0.05, 0) is 49.7 Å². The van der Waals surface area contributed by atoms with Gasteiger partial charge in [-0.25, -0.2) is 18.7 Å². The Morgan fingerprint density at radius 3 is 2.63 bits per heavy atom. The van der Waals surface area contributed by atoms with Crippen LogP contribution in [0.2, 0.25) is 10.0 Å². The summed E-state index contributed by atoms with van der Waals surface area (Å²) in [6, 6.07) is 14.1. The molecular weight excluding hydrogens is 536 g/mol. The number of rotatable bonds is 5. The Balaban J connectivity index is 0.000000417. The van der Waals surface area contributed by atoms with Gasteiger partial charge in [-0.15, -0.1) is 5.10 Å². The van der Waals surface area contributed by atoms with Gasteiger partial charge in [0, 0.05) is 24.2 Å². The minimum absolute atomic E-state index is 0.0148. The summed E-state index contributed by atoms with van der Waals surface area (Å²) in [5.74, 6) is -0.802. The Labute approximate surface area is 227 Å². The number of nitrogens with one attached hydrogen (secondary N) is 1. The quantitative estimate of drug-likeness (QED) is 0.339. The van der Waals surface area contributed by atoms with Gasteiger partial charge in [0.15, 0.2) is 11.3 Å². The molecule has 1 saturated heterocycles. The van der Waals surface area contributed by atoms with Crippen molar-refractivity contribution in [3.63, 3.8) is 0 Å². The van der Waals surface area contributed by atoms with Crippen LogP contribution in [0.1, 0.15) is 34.2 Å². The number of benzene rings is 2. The number of halogens is 3. The molecule has 0 spiro atoms. The van der Waals surface area contributed by atoms with Crippen LogP contribution in [0.5, 0.6) is 5.75 Å². The zero-order chi connectivity index (χ0) is 27.2. The number of carbonyl (C=O) groups excluding carboxylic acids is 2. The topological polar surface area (TPSA) is 109 Å². The summed E-state index contributed by atoms with van der Waals surface area (Å²) in [5.41, 5.74) is 0.799. The number of carbonyl (C=O) groups is 2. The SMILES string of the molecule is CCOC(=O)c1cnc2ccc(N3CC[C@H](NC(=O)c4cc(Cl)cc(Cl)c4O)C3)nn12.Fc1ccccc1. The molecule has 0 unspecified atom stereocenters. The molecule has 4 aromatic rings. The molecule has 198 valence electrons. The van der Waals surface area contributed by atoms with Gasteiger partial charge >= 0.3 is 5.97 Å². The van der Waals surface area contributed by atoms with Gasteiger partial charge in [-0.1, -0.05) is 41.4 Å². The molecule has 2 aromatic carbocycles. The molecule has 1 fully saturated rings. The van der Waals surface area contributed by atoms with Crippen molar-refractivity contribution in [1.29, 1.82) is 0 Å². The molecule has 38 heavy (non-hydrogen) atoms. The van der Waals surface area contributed by atoms with Crippen LogP contribution < -0.4 is 10.2 Å². The number of hydrogen-bond donors (Lipinski definition) is 2. The maximum absolute atomic E-state index is 12.6. The summed E-state index contributed by atoms with van der Waals surface area (Å²) in [6.45, 7) is 3.14. The van der Waals surface area contributed by atoms with E-state index in [1.54, 1.807) is 31.2 Å². The lowest BCUT2D eigenvalue weighted by molar-refractivity contribution is 0.0516. The lowest BCUT2D eigenvalue weighted by Crippen LogP contribution is -2.37. The van der Waals surface area contributed by atoms with Gasteiger partial charge in [0.1, 0.15) is 17.4 Å². The summed E-state index contributed by atoms with van der Waals surface area (Å²) >= 11 is 11.9. The van der Waals surface area contributed by atoms with Crippen molar-refractivity contribution in [2.45, 2.75) is 19.4 Å². The number of fused-ring (bicyclic) bond motifs is 1. The van der Waals surface area contributed by atoms with Gasteiger partial charge < -0.3 is 20.1 Å². The minimum atomic E-state index is -0.494. The van der Waals surface area contributed by atoms with Crippen molar-refractivity contribution in [2.24, 2.45) is 0 Å². The summed E-state index contributed by atoms with van der Waals surface area (Å²) in [5, 5.41) is 17.8. The standard InChI is InChI=1S/C20H19Cl2N5O4.C6H5F/c1-2-31-20(30)15-9-23-16-3-4-17(25-27(15)16)26-6-5-12(10-26)24-19(29)13-7-11(21)8-14(22)18(13)28;7-6-4-2-1-3-5-6/h3-4,7-9,12,28H,2,5-6,10H2,1H3,(H,24,29);1-5H/t12-;/m0./s1. The van der Waals surface area contributed by atoms with Crippen LogP contribution in [0, 0.1) is 5.82 Å². The molecule has 1 aliphatic rings. The molecule has 1 amide bonds. The van der Waals surface area contributed by atoms with E-state index < -0.39 is 11.9 Å². The Hall–Kier alpha value is -3.89. The molecule has 0 bridgehead atoms. The van der Waals surface area contributed by atoms with E-state index in [0.717, 1.165) is 0 Å². The van der Waals surface area contributed by atoms with Crippen LogP contribution in [-0.2, 0) is 4.74 Å². The normalized spacial score (nSPS) is 14.6. The molecule has 2 aromatic heterocycles. The highest BCUT2D eigenvalue weighted by atomic mass is 35.5. The predicted octanol–water partition coefficient (Wildman–Crippen LogP) is 4.75. The van der Waals surface area contributed by atoms with Crippen molar-refractivity contribution < 1.29 is 23.8 Å². The predicted molar refractivity (Wildman–Crippen MR) is 142 cm³/mol. The van der Waals surface area contributed by atoms with E-state index in [-0.39, 0.29) is 45.5 Å². The third-order valence-corrected chi connectivity index (χ3v) is 6.19. The van der Waals surface area contributed by atoms with Crippen molar-refractivity contribution in [3.05, 3.63) is 87.9 Å². The number of ether oxygens (including phenoxy) is 1. The molecule has 9 nitrogen and oxygen atoms in total. The number of nitrogens with zero attached hydrogens (tertiary/aromatic N) is 4. The fourth-order valence-electron chi connectivity index (χ4n) is 3.88. The molecule has 1 aliphatic heterocycles. The van der Waals surface area contributed by atoms with Crippen LogP contribution in [-0.4, -0.2) is 57.3 Å². The molecular formula is C26H24Cl2FN5O4. The highest BCUT2D eigenvalue weighted by Crippen LogP contribution is 2.31. The van der Waals surface area contributed by atoms with Crippen molar-refractivity contribution in [3.8, 4) is 5.75 Å². The smallest absolute Gasteiger partial charge is 0.358 e. The average molecular weight is 560 g/mol. The van der Waals surface area contributed by atoms with E-state index in [2.05, 4.69) is 15.4 Å². The Kier molecular flexibility index (Phi) is 8.65. The number of esters is 1. The third kappa shape index (κ3) is 6.32. The molecule has 5 rings (SSSR count). The van der Waals surface area contributed by atoms with Crippen LogP contribution in [0.25, 0.3) is 5.65 Å². The average Bonchev–Trinajstić information content (AvgIpc) is 3.54. The lowest BCUT2D eigenvalue weighted by atomic mass is 10.1. The number of aromatic hydroxyl groups is 1. The summed E-state index contributed by atoms with van der Waals surface area (Å²) < 4.78 is 18.4. The second-order valence-corrected chi connectivity index (χ2v) is 9.15. The van der Waals surface area contributed by atoms with E-state index >= 15 is 0 Å². The van der Waals surface area contributed by atoms with Gasteiger partial charge in [-0.3, -0.25) is 4.79 Å². The van der Waals surface area contributed by atoms with E-state index in [9.17, 15) is 19.1 Å². The number of imidazole rings is 1. The molecule has 3 heterocycles. The van der Waals surface area contributed by atoms with Crippen LogP contribution in [0.3, 0.4) is 0 Å². The fraction of sp³-hybridized carbons (Fsp3) is 0.231. The fourth-order valence-corrected chi connectivity index (χ4v) is 4.37. The van der Waals surface area contributed by atoms with Crippen LogP contribution in [0.4, 0.5) is 10.2 Å². The minimum Gasteiger partial charge on any atom is -0.506 e. The zero-order valence-corrected chi connectivity index (χ0v) is 21.8. The Bertz CT molecular complexity index is 1450. The highest BCUT2D eigenvalue weighted by Gasteiger charge is 2.27. The summed E-state index contributed by atoms with van der Waals surface area (Å²) in [6.07, 6.45) is 2.11. The van der Waals surface area contributed by atoms with Gasteiger partial charge in [-0.2, -0.15) is 0 Å². The molecule has 2 N–H and O–H groups in total. The van der Waals surface area contributed by atoms with E-state index in [1.165, 1.54) is 35.0 Å².